The van der Waals surface area contributed by atoms with Crippen LogP contribution in [0.25, 0.3) is 0 Å². The van der Waals surface area contributed by atoms with E-state index in [1.165, 1.54) is 0 Å². The first-order chi connectivity index (χ1) is 10.1. The molecule has 0 aliphatic carbocycles. The van der Waals surface area contributed by atoms with Crippen molar-refractivity contribution in [1.29, 1.82) is 0 Å². The third kappa shape index (κ3) is 3.51. The van der Waals surface area contributed by atoms with Crippen molar-refractivity contribution in [2.24, 2.45) is 0 Å². The molecule has 0 atom stereocenters. The summed E-state index contributed by atoms with van der Waals surface area (Å²) in [4.78, 5) is 26.0. The first-order valence-electron chi connectivity index (χ1n) is 7.34. The molecule has 1 amide bonds. The molecule has 1 aromatic rings. The molecule has 7 heteroatoms. The SMILES string of the molecule is CC(=O)C1(n2cc(Br)cn2)CCN(C(=O)OC(C)(C)C)CC1. The lowest BCUT2D eigenvalue weighted by Crippen LogP contribution is -2.52. The molecule has 0 bridgehead atoms. The first-order valence-corrected chi connectivity index (χ1v) is 8.13. The van der Waals surface area contributed by atoms with Crippen LogP contribution in [0.5, 0.6) is 0 Å². The molecular formula is C15H22BrN3O3. The van der Waals surface area contributed by atoms with Crippen LogP contribution in [0.15, 0.2) is 16.9 Å². The molecule has 0 unspecified atom stereocenters. The summed E-state index contributed by atoms with van der Waals surface area (Å²) >= 11 is 3.36. The van der Waals surface area contributed by atoms with Crippen LogP contribution in [0.3, 0.4) is 0 Å². The Kier molecular flexibility index (Phi) is 4.65. The van der Waals surface area contributed by atoms with E-state index in [9.17, 15) is 9.59 Å². The zero-order chi connectivity index (χ0) is 16.5. The lowest BCUT2D eigenvalue weighted by molar-refractivity contribution is -0.128. The third-order valence-electron chi connectivity index (χ3n) is 3.89. The summed E-state index contributed by atoms with van der Waals surface area (Å²) < 4.78 is 7.94. The van der Waals surface area contributed by atoms with Crippen molar-refractivity contribution >= 4 is 27.8 Å². The number of carbonyl (C=O) groups is 2. The zero-order valence-electron chi connectivity index (χ0n) is 13.4. The van der Waals surface area contributed by atoms with Gasteiger partial charge < -0.3 is 9.64 Å². The highest BCUT2D eigenvalue weighted by Gasteiger charge is 2.43. The molecule has 22 heavy (non-hydrogen) atoms. The van der Waals surface area contributed by atoms with Gasteiger partial charge in [0, 0.05) is 19.3 Å². The van der Waals surface area contributed by atoms with E-state index < -0.39 is 11.1 Å². The van der Waals surface area contributed by atoms with Crippen molar-refractivity contribution in [3.8, 4) is 0 Å². The number of nitrogens with zero attached hydrogens (tertiary/aromatic N) is 3. The molecule has 2 rings (SSSR count). The highest BCUT2D eigenvalue weighted by molar-refractivity contribution is 9.10. The van der Waals surface area contributed by atoms with Gasteiger partial charge in [-0.1, -0.05) is 0 Å². The number of rotatable bonds is 2. The van der Waals surface area contributed by atoms with E-state index in [2.05, 4.69) is 21.0 Å². The lowest BCUT2D eigenvalue weighted by Gasteiger charge is -2.40. The van der Waals surface area contributed by atoms with E-state index in [0.29, 0.717) is 25.9 Å². The van der Waals surface area contributed by atoms with Gasteiger partial charge in [-0.2, -0.15) is 5.10 Å². The normalized spacial score (nSPS) is 18.1. The van der Waals surface area contributed by atoms with E-state index in [1.807, 2.05) is 27.0 Å². The number of ether oxygens (including phenoxy) is 1. The van der Waals surface area contributed by atoms with E-state index >= 15 is 0 Å². The van der Waals surface area contributed by atoms with Crippen LogP contribution < -0.4 is 0 Å². The minimum absolute atomic E-state index is 0.0620. The van der Waals surface area contributed by atoms with E-state index in [1.54, 1.807) is 22.7 Å². The summed E-state index contributed by atoms with van der Waals surface area (Å²) in [6.07, 6.45) is 4.23. The smallest absolute Gasteiger partial charge is 0.410 e. The van der Waals surface area contributed by atoms with Crippen LogP contribution in [0.4, 0.5) is 4.79 Å². The molecule has 2 heterocycles. The van der Waals surface area contributed by atoms with Gasteiger partial charge in [0.1, 0.15) is 11.1 Å². The maximum absolute atomic E-state index is 12.2. The van der Waals surface area contributed by atoms with Gasteiger partial charge in [0.15, 0.2) is 5.78 Å². The fourth-order valence-corrected chi connectivity index (χ4v) is 2.95. The zero-order valence-corrected chi connectivity index (χ0v) is 15.0. The van der Waals surface area contributed by atoms with Crippen LogP contribution in [0.2, 0.25) is 0 Å². The molecule has 0 radical (unpaired) electrons. The summed E-state index contributed by atoms with van der Waals surface area (Å²) in [5, 5.41) is 4.28. The summed E-state index contributed by atoms with van der Waals surface area (Å²) in [5.74, 6) is 0.0620. The second-order valence-electron chi connectivity index (χ2n) is 6.66. The molecular weight excluding hydrogens is 350 g/mol. The molecule has 1 aromatic heterocycles. The van der Waals surface area contributed by atoms with Gasteiger partial charge in [-0.05, 0) is 56.5 Å². The molecule has 122 valence electrons. The summed E-state index contributed by atoms with van der Waals surface area (Å²) in [7, 11) is 0. The highest BCUT2D eigenvalue weighted by atomic mass is 79.9. The maximum atomic E-state index is 12.2. The topological polar surface area (TPSA) is 64.4 Å². The Hall–Kier alpha value is -1.37. The Bertz CT molecular complexity index is 569. The Morgan fingerprint density at radius 3 is 2.32 bits per heavy atom. The van der Waals surface area contributed by atoms with Gasteiger partial charge in [0.05, 0.1) is 10.7 Å². The molecule has 1 aliphatic heterocycles. The van der Waals surface area contributed by atoms with Crippen LogP contribution in [-0.4, -0.2) is 45.2 Å². The Morgan fingerprint density at radius 1 is 1.32 bits per heavy atom. The van der Waals surface area contributed by atoms with Crippen molar-refractivity contribution in [3.05, 3.63) is 16.9 Å². The van der Waals surface area contributed by atoms with E-state index in [-0.39, 0.29) is 11.9 Å². The van der Waals surface area contributed by atoms with Gasteiger partial charge in [-0.15, -0.1) is 0 Å². The van der Waals surface area contributed by atoms with Gasteiger partial charge in [0.25, 0.3) is 0 Å². The van der Waals surface area contributed by atoms with Crippen molar-refractivity contribution in [2.75, 3.05) is 13.1 Å². The lowest BCUT2D eigenvalue weighted by atomic mass is 9.84. The van der Waals surface area contributed by atoms with Gasteiger partial charge in [-0.3, -0.25) is 9.48 Å². The monoisotopic (exact) mass is 371 g/mol. The number of hydrogen-bond donors (Lipinski definition) is 0. The number of likely N-dealkylation sites (tertiary alicyclic amines) is 1. The predicted octanol–water partition coefficient (Wildman–Crippen LogP) is 2.96. The number of carbonyl (C=O) groups excluding carboxylic acids is 2. The van der Waals surface area contributed by atoms with E-state index in [0.717, 1.165) is 4.47 Å². The molecule has 1 fully saturated rings. The van der Waals surface area contributed by atoms with Gasteiger partial charge in [0.2, 0.25) is 0 Å². The molecule has 0 saturated carbocycles. The van der Waals surface area contributed by atoms with Crippen LogP contribution in [-0.2, 0) is 15.1 Å². The second-order valence-corrected chi connectivity index (χ2v) is 7.57. The molecule has 0 aromatic carbocycles. The quantitative estimate of drug-likeness (QED) is 0.801. The Morgan fingerprint density at radius 2 is 1.91 bits per heavy atom. The molecule has 6 nitrogen and oxygen atoms in total. The second kappa shape index (κ2) is 6.02. The van der Waals surface area contributed by atoms with Gasteiger partial charge >= 0.3 is 6.09 Å². The van der Waals surface area contributed by atoms with Gasteiger partial charge in [-0.25, -0.2) is 4.79 Å². The van der Waals surface area contributed by atoms with Crippen molar-refractivity contribution < 1.29 is 14.3 Å². The summed E-state index contributed by atoms with van der Waals surface area (Å²) in [5.41, 5.74) is -1.19. The fourth-order valence-electron chi connectivity index (χ4n) is 2.66. The van der Waals surface area contributed by atoms with E-state index in [4.69, 9.17) is 4.74 Å². The number of amides is 1. The first kappa shape index (κ1) is 17.0. The summed E-state index contributed by atoms with van der Waals surface area (Å²) in [6.45, 7) is 8.07. The summed E-state index contributed by atoms with van der Waals surface area (Å²) in [6, 6.07) is 0. The average molecular weight is 372 g/mol. The number of piperidine rings is 1. The maximum Gasteiger partial charge on any atom is 0.410 e. The fraction of sp³-hybridized carbons (Fsp3) is 0.667. The number of Topliss-reactive ketones (excluding diaryl/α,β-unsaturated/α-hetero) is 1. The number of aromatic nitrogens is 2. The van der Waals surface area contributed by atoms with Crippen LogP contribution >= 0.6 is 15.9 Å². The molecule has 0 N–H and O–H groups in total. The van der Waals surface area contributed by atoms with Crippen molar-refractivity contribution in [3.63, 3.8) is 0 Å². The number of hydrogen-bond acceptors (Lipinski definition) is 4. The molecule has 1 aliphatic rings. The predicted molar refractivity (Wildman–Crippen MR) is 85.6 cm³/mol. The van der Waals surface area contributed by atoms with Crippen molar-refractivity contribution in [1.82, 2.24) is 14.7 Å². The van der Waals surface area contributed by atoms with Crippen LogP contribution in [0.1, 0.15) is 40.5 Å². The minimum Gasteiger partial charge on any atom is -0.444 e. The Labute approximate surface area is 138 Å². The highest BCUT2D eigenvalue weighted by Crippen LogP contribution is 2.32. The number of ketones is 1. The largest absolute Gasteiger partial charge is 0.444 e. The Balaban J connectivity index is 2.11. The third-order valence-corrected chi connectivity index (χ3v) is 4.30. The average Bonchev–Trinajstić information content (AvgIpc) is 2.83. The van der Waals surface area contributed by atoms with Crippen molar-refractivity contribution in [2.45, 2.75) is 51.7 Å². The minimum atomic E-state index is -0.676. The number of halogens is 1. The standard InChI is InChI=1S/C15H22BrN3O3/c1-11(20)15(19-10-12(16)9-17-19)5-7-18(8-6-15)13(21)22-14(2,3)4/h9-10H,5-8H2,1-4H3. The van der Waals surface area contributed by atoms with Crippen LogP contribution in [0, 0.1) is 0 Å². The molecule has 1 saturated heterocycles. The molecule has 0 spiro atoms.